The summed E-state index contributed by atoms with van der Waals surface area (Å²) in [5, 5.41) is 0. The number of fused-ring (bicyclic) bond motifs is 1. The summed E-state index contributed by atoms with van der Waals surface area (Å²) in [6.07, 6.45) is 7.65. The molecule has 2 nitrogen and oxygen atoms in total. The van der Waals surface area contributed by atoms with E-state index < -0.39 is 0 Å². The van der Waals surface area contributed by atoms with Crippen LogP contribution in [0.4, 0.5) is 0 Å². The van der Waals surface area contributed by atoms with Gasteiger partial charge in [0, 0.05) is 12.5 Å². The molecule has 0 aromatic heterocycles. The molecular formula is C18H24O2. The highest BCUT2D eigenvalue weighted by atomic mass is 16.5. The molecule has 0 radical (unpaired) electrons. The number of hydrogen-bond donors (Lipinski definition) is 0. The molecule has 1 aliphatic rings. The molecule has 0 saturated carbocycles. The summed E-state index contributed by atoms with van der Waals surface area (Å²) in [5.74, 6) is 1.87. The number of allylic oxidation sites excluding steroid dienone is 3. The SMILES string of the molecule is CC(C)=CCC/C(C)=C/COc1ccc2c(c1)OCC2. The highest BCUT2D eigenvalue weighted by Gasteiger charge is 2.12. The van der Waals surface area contributed by atoms with Crippen LogP contribution in [0.2, 0.25) is 0 Å². The number of hydrogen-bond acceptors (Lipinski definition) is 2. The van der Waals surface area contributed by atoms with E-state index >= 15 is 0 Å². The lowest BCUT2D eigenvalue weighted by Crippen LogP contribution is -1.95. The predicted octanol–water partition coefficient (Wildman–Crippen LogP) is 4.69. The molecule has 0 unspecified atom stereocenters. The highest BCUT2D eigenvalue weighted by molar-refractivity contribution is 5.42. The van der Waals surface area contributed by atoms with Gasteiger partial charge in [0.2, 0.25) is 0 Å². The Bertz CT molecular complexity index is 508. The van der Waals surface area contributed by atoms with Gasteiger partial charge in [-0.1, -0.05) is 23.3 Å². The molecule has 1 aromatic rings. The average molecular weight is 272 g/mol. The van der Waals surface area contributed by atoms with Crippen LogP contribution in [-0.2, 0) is 6.42 Å². The smallest absolute Gasteiger partial charge is 0.126 e. The maximum absolute atomic E-state index is 5.76. The Morgan fingerprint density at radius 2 is 2.10 bits per heavy atom. The first-order valence-electron chi connectivity index (χ1n) is 7.32. The lowest BCUT2D eigenvalue weighted by molar-refractivity contribution is 0.343. The van der Waals surface area contributed by atoms with Crippen LogP contribution in [0, 0.1) is 0 Å². The van der Waals surface area contributed by atoms with Crippen LogP contribution in [0.15, 0.2) is 41.5 Å². The molecule has 0 bridgehead atoms. The molecule has 2 heteroatoms. The minimum absolute atomic E-state index is 0.624. The summed E-state index contributed by atoms with van der Waals surface area (Å²) >= 11 is 0. The Hall–Kier alpha value is -1.70. The lowest BCUT2D eigenvalue weighted by atomic mass is 10.1. The molecule has 20 heavy (non-hydrogen) atoms. The average Bonchev–Trinajstić information content (AvgIpc) is 2.85. The second-order valence-electron chi connectivity index (χ2n) is 5.55. The van der Waals surface area contributed by atoms with E-state index in [0.717, 1.165) is 37.4 Å². The molecule has 1 heterocycles. The molecule has 108 valence electrons. The molecular weight excluding hydrogens is 248 g/mol. The van der Waals surface area contributed by atoms with Crippen LogP contribution in [0.25, 0.3) is 0 Å². The summed E-state index contributed by atoms with van der Waals surface area (Å²) in [6, 6.07) is 6.12. The first-order chi connectivity index (χ1) is 9.65. The third-order valence-electron chi connectivity index (χ3n) is 3.44. The van der Waals surface area contributed by atoms with Crippen LogP contribution in [-0.4, -0.2) is 13.2 Å². The quantitative estimate of drug-likeness (QED) is 0.699. The van der Waals surface area contributed by atoms with Crippen LogP contribution in [0.5, 0.6) is 11.5 Å². The maximum Gasteiger partial charge on any atom is 0.126 e. The lowest BCUT2D eigenvalue weighted by Gasteiger charge is -2.06. The van der Waals surface area contributed by atoms with Crippen molar-refractivity contribution in [2.24, 2.45) is 0 Å². The molecule has 0 spiro atoms. The van der Waals surface area contributed by atoms with Crippen LogP contribution < -0.4 is 9.47 Å². The molecule has 1 aromatic carbocycles. The molecule has 0 aliphatic carbocycles. The van der Waals surface area contributed by atoms with Crippen molar-refractivity contribution < 1.29 is 9.47 Å². The minimum Gasteiger partial charge on any atom is -0.493 e. The van der Waals surface area contributed by atoms with Gasteiger partial charge in [0.25, 0.3) is 0 Å². The Kier molecular flexibility index (Phi) is 5.28. The first kappa shape index (κ1) is 14.7. The number of ether oxygens (including phenoxy) is 2. The van der Waals surface area contributed by atoms with Gasteiger partial charge < -0.3 is 9.47 Å². The topological polar surface area (TPSA) is 18.5 Å². The second-order valence-corrected chi connectivity index (χ2v) is 5.55. The standard InChI is InChI=1S/C18H24O2/c1-14(2)5-4-6-15(3)9-11-19-17-8-7-16-10-12-20-18(16)13-17/h5,7-9,13H,4,6,10-12H2,1-3H3/b15-9+. The molecule has 2 rings (SSSR count). The van der Waals surface area contributed by atoms with E-state index in [2.05, 4.69) is 39.0 Å². The van der Waals surface area contributed by atoms with E-state index in [-0.39, 0.29) is 0 Å². The maximum atomic E-state index is 5.76. The van der Waals surface area contributed by atoms with Crippen molar-refractivity contribution in [3.8, 4) is 11.5 Å². The third kappa shape index (κ3) is 4.44. The van der Waals surface area contributed by atoms with Crippen molar-refractivity contribution in [2.45, 2.75) is 40.0 Å². The molecule has 0 N–H and O–H groups in total. The Morgan fingerprint density at radius 3 is 2.90 bits per heavy atom. The van der Waals surface area contributed by atoms with Gasteiger partial charge in [0.15, 0.2) is 0 Å². The van der Waals surface area contributed by atoms with E-state index in [4.69, 9.17) is 9.47 Å². The molecule has 0 atom stereocenters. The van der Waals surface area contributed by atoms with Crippen molar-refractivity contribution in [2.75, 3.05) is 13.2 Å². The Morgan fingerprint density at radius 1 is 1.25 bits per heavy atom. The van der Waals surface area contributed by atoms with Gasteiger partial charge in [-0.15, -0.1) is 0 Å². The van der Waals surface area contributed by atoms with E-state index in [0.29, 0.717) is 6.61 Å². The van der Waals surface area contributed by atoms with Crippen LogP contribution in [0.3, 0.4) is 0 Å². The summed E-state index contributed by atoms with van der Waals surface area (Å²) in [6.45, 7) is 7.85. The fourth-order valence-corrected chi connectivity index (χ4v) is 2.21. The summed E-state index contributed by atoms with van der Waals surface area (Å²) in [7, 11) is 0. The van der Waals surface area contributed by atoms with Crippen molar-refractivity contribution in [1.29, 1.82) is 0 Å². The number of benzene rings is 1. The van der Waals surface area contributed by atoms with Crippen molar-refractivity contribution in [1.82, 2.24) is 0 Å². The second kappa shape index (κ2) is 7.18. The first-order valence-corrected chi connectivity index (χ1v) is 7.32. The summed E-state index contributed by atoms with van der Waals surface area (Å²) < 4.78 is 11.3. The molecule has 1 aliphatic heterocycles. The van der Waals surface area contributed by atoms with Gasteiger partial charge >= 0.3 is 0 Å². The molecule has 0 fully saturated rings. The van der Waals surface area contributed by atoms with E-state index in [1.807, 2.05) is 12.1 Å². The monoisotopic (exact) mass is 272 g/mol. The largest absolute Gasteiger partial charge is 0.493 e. The molecule has 0 amide bonds. The minimum atomic E-state index is 0.624. The van der Waals surface area contributed by atoms with E-state index in [1.165, 1.54) is 16.7 Å². The van der Waals surface area contributed by atoms with Gasteiger partial charge in [-0.3, -0.25) is 0 Å². The zero-order chi connectivity index (χ0) is 14.4. The van der Waals surface area contributed by atoms with E-state index in [1.54, 1.807) is 0 Å². The fraction of sp³-hybridized carbons (Fsp3) is 0.444. The summed E-state index contributed by atoms with van der Waals surface area (Å²) in [4.78, 5) is 0. The Balaban J connectivity index is 1.79. The zero-order valence-electron chi connectivity index (χ0n) is 12.7. The number of rotatable bonds is 6. The van der Waals surface area contributed by atoms with Gasteiger partial charge in [-0.2, -0.15) is 0 Å². The third-order valence-corrected chi connectivity index (χ3v) is 3.44. The highest BCUT2D eigenvalue weighted by Crippen LogP contribution is 2.29. The van der Waals surface area contributed by atoms with Crippen LogP contribution in [0.1, 0.15) is 39.2 Å². The fourth-order valence-electron chi connectivity index (χ4n) is 2.21. The molecule has 0 saturated heterocycles. The van der Waals surface area contributed by atoms with Crippen molar-refractivity contribution in [3.05, 3.63) is 47.1 Å². The zero-order valence-corrected chi connectivity index (χ0v) is 12.7. The van der Waals surface area contributed by atoms with Crippen molar-refractivity contribution >= 4 is 0 Å². The van der Waals surface area contributed by atoms with Crippen molar-refractivity contribution in [3.63, 3.8) is 0 Å². The van der Waals surface area contributed by atoms with Gasteiger partial charge in [0.1, 0.15) is 18.1 Å². The predicted molar refractivity (Wildman–Crippen MR) is 83.6 cm³/mol. The van der Waals surface area contributed by atoms with Crippen LogP contribution >= 0.6 is 0 Å². The summed E-state index contributed by atoms with van der Waals surface area (Å²) in [5.41, 5.74) is 4.04. The Labute approximate surface area is 122 Å². The van der Waals surface area contributed by atoms with Gasteiger partial charge in [-0.25, -0.2) is 0 Å². The van der Waals surface area contributed by atoms with Gasteiger partial charge in [0.05, 0.1) is 6.61 Å². The normalized spacial score (nSPS) is 13.7. The van der Waals surface area contributed by atoms with E-state index in [9.17, 15) is 0 Å². The van der Waals surface area contributed by atoms with Gasteiger partial charge in [-0.05, 0) is 51.3 Å².